The molecule has 12 heteroatoms. The van der Waals surface area contributed by atoms with Crippen LogP contribution in [-0.4, -0.2) is 50.7 Å². The van der Waals surface area contributed by atoms with Crippen LogP contribution in [0.25, 0.3) is 22.7 Å². The van der Waals surface area contributed by atoms with Gasteiger partial charge in [0.15, 0.2) is 11.5 Å². The number of anilines is 1. The molecule has 1 fully saturated rings. The van der Waals surface area contributed by atoms with Crippen molar-refractivity contribution in [1.82, 2.24) is 34.1 Å². The normalized spacial score (nSPS) is 13.6. The number of sulfonamides is 1. The van der Waals surface area contributed by atoms with Crippen LogP contribution in [-0.2, 0) is 10.0 Å². The number of nitrogens with zero attached hydrogens (tertiary/aromatic N) is 6. The molecule has 1 amide bonds. The predicted octanol–water partition coefficient (Wildman–Crippen LogP) is 3.32. The Balaban J connectivity index is 1.36. The minimum Gasteiger partial charge on any atom is -0.306 e. The Morgan fingerprint density at radius 2 is 1.82 bits per heavy atom. The van der Waals surface area contributed by atoms with Gasteiger partial charge in [-0.2, -0.15) is 14.9 Å². The van der Waals surface area contributed by atoms with E-state index >= 15 is 0 Å². The Labute approximate surface area is 218 Å². The zero-order valence-corrected chi connectivity index (χ0v) is 21.5. The molecule has 1 saturated carbocycles. The van der Waals surface area contributed by atoms with E-state index in [0.29, 0.717) is 40.0 Å². The second-order valence-electron chi connectivity index (χ2n) is 9.19. The second-order valence-corrected chi connectivity index (χ2v) is 11.1. The number of hydrogen-bond acceptors (Lipinski definition) is 7. The summed E-state index contributed by atoms with van der Waals surface area (Å²) in [4.78, 5) is 22.4. The molecule has 5 aromatic rings. The molecule has 1 aromatic carbocycles. The van der Waals surface area contributed by atoms with Gasteiger partial charge in [0.2, 0.25) is 10.0 Å². The molecule has 4 heterocycles. The molecule has 0 unspecified atom stereocenters. The highest BCUT2D eigenvalue weighted by atomic mass is 32.2. The summed E-state index contributed by atoms with van der Waals surface area (Å²) in [7, 11) is -2.21. The maximum absolute atomic E-state index is 13.4. The van der Waals surface area contributed by atoms with Gasteiger partial charge in [-0.3, -0.25) is 4.79 Å². The van der Waals surface area contributed by atoms with E-state index < -0.39 is 10.0 Å². The molecule has 6 rings (SSSR count). The zero-order chi connectivity index (χ0) is 26.4. The number of rotatable bonds is 7. The summed E-state index contributed by atoms with van der Waals surface area (Å²) in [6, 6.07) is 11.8. The number of benzene rings is 1. The lowest BCUT2D eigenvalue weighted by atomic mass is 10.1. The van der Waals surface area contributed by atoms with Gasteiger partial charge < -0.3 is 5.32 Å². The number of nitrogens with one attached hydrogen (secondary N) is 2. The molecule has 4 aromatic heterocycles. The van der Waals surface area contributed by atoms with Crippen LogP contribution in [0, 0.1) is 6.92 Å². The third-order valence-electron chi connectivity index (χ3n) is 6.46. The van der Waals surface area contributed by atoms with Crippen molar-refractivity contribution >= 4 is 27.4 Å². The molecule has 0 saturated heterocycles. The number of amides is 1. The van der Waals surface area contributed by atoms with E-state index in [1.165, 1.54) is 30.1 Å². The first-order valence-corrected chi connectivity index (χ1v) is 13.5. The van der Waals surface area contributed by atoms with Crippen LogP contribution in [0.4, 0.5) is 5.82 Å². The molecule has 1 aliphatic rings. The van der Waals surface area contributed by atoms with Crippen LogP contribution < -0.4 is 10.0 Å². The first kappa shape index (κ1) is 23.9. The lowest BCUT2D eigenvalue weighted by Crippen LogP contribution is -2.18. The highest BCUT2D eigenvalue weighted by molar-refractivity contribution is 7.89. The molecule has 11 nitrogen and oxygen atoms in total. The highest BCUT2D eigenvalue weighted by Crippen LogP contribution is 2.39. The Bertz CT molecular complexity index is 1770. The Morgan fingerprint density at radius 1 is 1.03 bits per heavy atom. The summed E-state index contributed by atoms with van der Waals surface area (Å²) in [5, 5.41) is 11.9. The number of aryl methyl sites for hydroxylation is 1. The fourth-order valence-electron chi connectivity index (χ4n) is 4.15. The molecule has 2 N–H and O–H groups in total. The number of hydrogen-bond donors (Lipinski definition) is 2. The third-order valence-corrected chi connectivity index (χ3v) is 7.89. The van der Waals surface area contributed by atoms with Crippen molar-refractivity contribution in [3.63, 3.8) is 0 Å². The summed E-state index contributed by atoms with van der Waals surface area (Å²) in [5.41, 5.74) is 4.10. The third kappa shape index (κ3) is 4.44. The molecule has 0 spiro atoms. The molecule has 192 valence electrons. The van der Waals surface area contributed by atoms with Gasteiger partial charge in [0, 0.05) is 30.2 Å². The number of carbonyl (C=O) groups is 1. The fraction of sp³-hybridized carbons (Fsp3) is 0.192. The first-order valence-electron chi connectivity index (χ1n) is 12.0. The van der Waals surface area contributed by atoms with Gasteiger partial charge >= 0.3 is 0 Å². The molecule has 0 bridgehead atoms. The quantitative estimate of drug-likeness (QED) is 0.331. The van der Waals surface area contributed by atoms with Crippen LogP contribution in [0.15, 0.2) is 72.1 Å². The molecule has 38 heavy (non-hydrogen) atoms. The van der Waals surface area contributed by atoms with Gasteiger partial charge in [-0.15, -0.1) is 0 Å². The molecule has 1 aliphatic carbocycles. The van der Waals surface area contributed by atoms with E-state index in [2.05, 4.69) is 30.2 Å². The van der Waals surface area contributed by atoms with Gasteiger partial charge in [-0.05, 0) is 62.1 Å². The average molecular weight is 529 g/mol. The highest BCUT2D eigenvalue weighted by Gasteiger charge is 2.25. The fourth-order valence-corrected chi connectivity index (χ4v) is 4.88. The van der Waals surface area contributed by atoms with Crippen LogP contribution in [0.3, 0.4) is 0 Å². The lowest BCUT2D eigenvalue weighted by molar-refractivity contribution is 0.102. The SMILES string of the molecule is CNS(=O)(=O)c1ccc(-c2cc(NC(=O)c3cnn4cc(C5CC5)cnc34)n(-c3ccc(C)cn3)n2)cc1. The Hall–Kier alpha value is -4.42. The van der Waals surface area contributed by atoms with E-state index in [-0.39, 0.29) is 10.8 Å². The molecular weight excluding hydrogens is 504 g/mol. The minimum absolute atomic E-state index is 0.141. The van der Waals surface area contributed by atoms with Crippen molar-refractivity contribution < 1.29 is 13.2 Å². The minimum atomic E-state index is -3.57. The first-order chi connectivity index (χ1) is 18.3. The number of aromatic nitrogens is 6. The smallest absolute Gasteiger partial charge is 0.262 e. The maximum atomic E-state index is 13.4. The monoisotopic (exact) mass is 528 g/mol. The van der Waals surface area contributed by atoms with E-state index in [9.17, 15) is 13.2 Å². The van der Waals surface area contributed by atoms with E-state index in [0.717, 1.165) is 24.0 Å². The van der Waals surface area contributed by atoms with Crippen molar-refractivity contribution in [2.24, 2.45) is 0 Å². The van der Waals surface area contributed by atoms with Crippen molar-refractivity contribution in [2.75, 3.05) is 12.4 Å². The summed E-state index contributed by atoms with van der Waals surface area (Å²) < 4.78 is 29.7. The Kier molecular flexibility index (Phi) is 5.77. The zero-order valence-electron chi connectivity index (χ0n) is 20.7. The number of fused-ring (bicyclic) bond motifs is 1. The van der Waals surface area contributed by atoms with Gasteiger partial charge in [-0.25, -0.2) is 27.6 Å². The van der Waals surface area contributed by atoms with Crippen LogP contribution in [0.2, 0.25) is 0 Å². The van der Waals surface area contributed by atoms with Crippen molar-refractivity contribution in [1.29, 1.82) is 0 Å². The van der Waals surface area contributed by atoms with Gasteiger partial charge in [0.05, 0.1) is 16.8 Å². The molecule has 0 aliphatic heterocycles. The molecule has 0 radical (unpaired) electrons. The van der Waals surface area contributed by atoms with Crippen molar-refractivity contribution in [3.05, 3.63) is 83.9 Å². The van der Waals surface area contributed by atoms with Crippen LogP contribution >= 0.6 is 0 Å². The van der Waals surface area contributed by atoms with Gasteiger partial charge in [0.25, 0.3) is 5.91 Å². The van der Waals surface area contributed by atoms with Crippen molar-refractivity contribution in [3.8, 4) is 17.1 Å². The van der Waals surface area contributed by atoms with E-state index in [1.807, 2.05) is 25.4 Å². The van der Waals surface area contributed by atoms with Crippen LogP contribution in [0.5, 0.6) is 0 Å². The number of carbonyl (C=O) groups excluding carboxylic acids is 1. The van der Waals surface area contributed by atoms with E-state index in [4.69, 9.17) is 0 Å². The summed E-state index contributed by atoms with van der Waals surface area (Å²) in [6.45, 7) is 1.93. The Morgan fingerprint density at radius 3 is 2.50 bits per heavy atom. The van der Waals surface area contributed by atoms with Gasteiger partial charge in [0.1, 0.15) is 11.4 Å². The summed E-state index contributed by atoms with van der Waals surface area (Å²) >= 11 is 0. The standard InChI is InChI=1S/C26H24N8O3S/c1-16-3-10-23(28-12-16)34-24(11-22(32-34)18-6-8-20(9-7-18)38(36,37)27-2)31-26(35)21-14-30-33-15-19(17-4-5-17)13-29-25(21)33/h3,6-15,17,27H,4-5H2,1-2H3,(H,31,35). The van der Waals surface area contributed by atoms with Crippen LogP contribution in [0.1, 0.15) is 40.2 Å². The summed E-state index contributed by atoms with van der Waals surface area (Å²) in [5.74, 6) is 1.04. The predicted molar refractivity (Wildman–Crippen MR) is 141 cm³/mol. The number of pyridine rings is 1. The summed E-state index contributed by atoms with van der Waals surface area (Å²) in [6.07, 6.45) is 9.24. The van der Waals surface area contributed by atoms with Gasteiger partial charge in [-0.1, -0.05) is 18.2 Å². The molecular formula is C26H24N8O3S. The average Bonchev–Trinajstić information content (AvgIpc) is 3.57. The molecule has 0 atom stereocenters. The second kappa shape index (κ2) is 9.15. The maximum Gasteiger partial charge on any atom is 0.262 e. The van der Waals surface area contributed by atoms with Crippen molar-refractivity contribution in [2.45, 2.75) is 30.6 Å². The topological polar surface area (TPSA) is 136 Å². The van der Waals surface area contributed by atoms with E-state index in [1.54, 1.807) is 35.0 Å². The lowest BCUT2D eigenvalue weighted by Gasteiger charge is -2.08. The largest absolute Gasteiger partial charge is 0.306 e.